The van der Waals surface area contributed by atoms with Crippen LogP contribution >= 0.6 is 0 Å². The fraction of sp³-hybridized carbons (Fsp3) is 0.433. The lowest BCUT2D eigenvalue weighted by atomic mass is 9.95. The molecular formula is C30H41N9O4. The molecule has 3 atom stereocenters. The number of rotatable bonds is 15. The van der Waals surface area contributed by atoms with E-state index in [2.05, 4.69) is 31.2 Å². The van der Waals surface area contributed by atoms with Crippen LogP contribution in [-0.4, -0.2) is 65.3 Å². The van der Waals surface area contributed by atoms with Crippen LogP contribution in [0.5, 0.6) is 0 Å². The standard InChI is InChI=1S/C30H41N9O4/c31-26-14-13-22(19-35-26)37-29(43)25(18-20-8-3-1-4-9-20)39-27(41)23(12-7-16-34-30(32)33)38-28(42)24(15-17-40)36-21-10-5-2-6-11-21/h1,3-4,8-9,13-15,19,21,23-25,36H,2,5-7,10-12,16,18H2,(H2,31,35)(H,37,43)(H,38,42)(H,39,41)(H4,32,33,34)/t23-,24-,25-/m0/s1. The first-order valence-electron chi connectivity index (χ1n) is 14.4. The van der Waals surface area contributed by atoms with Crippen molar-refractivity contribution in [2.45, 2.75) is 75.5 Å². The zero-order chi connectivity index (χ0) is 31.0. The summed E-state index contributed by atoms with van der Waals surface area (Å²) in [5, 5.41) is 11.5. The van der Waals surface area contributed by atoms with E-state index in [0.29, 0.717) is 17.9 Å². The van der Waals surface area contributed by atoms with Gasteiger partial charge in [-0.1, -0.05) is 49.6 Å². The van der Waals surface area contributed by atoms with Gasteiger partial charge in [-0.3, -0.25) is 24.7 Å². The summed E-state index contributed by atoms with van der Waals surface area (Å²) < 4.78 is 0. The second kappa shape index (κ2) is 17.3. The number of nitrogens with zero attached hydrogens (tertiary/aromatic N) is 2. The lowest BCUT2D eigenvalue weighted by Crippen LogP contribution is -2.56. The smallest absolute Gasteiger partial charge is 0.247 e. The third-order valence-electron chi connectivity index (χ3n) is 7.09. The zero-order valence-corrected chi connectivity index (χ0v) is 24.1. The minimum absolute atomic E-state index is 0.0741. The number of nitrogens with two attached hydrogens (primary N) is 3. The number of aliphatic imine (C=N–C) groups is 1. The summed E-state index contributed by atoms with van der Waals surface area (Å²) in [6.45, 7) is 0.234. The number of nitrogens with one attached hydrogen (secondary N) is 4. The summed E-state index contributed by atoms with van der Waals surface area (Å²) in [6, 6.07) is 9.45. The fourth-order valence-corrected chi connectivity index (χ4v) is 4.86. The predicted molar refractivity (Wildman–Crippen MR) is 165 cm³/mol. The van der Waals surface area contributed by atoms with Crippen molar-refractivity contribution in [1.82, 2.24) is 20.9 Å². The largest absolute Gasteiger partial charge is 0.384 e. The molecule has 1 fully saturated rings. The number of aromatic nitrogens is 1. The van der Waals surface area contributed by atoms with Gasteiger partial charge in [-0.05, 0) is 43.4 Å². The van der Waals surface area contributed by atoms with Gasteiger partial charge in [0.25, 0.3) is 0 Å². The number of hydrogen-bond acceptors (Lipinski definition) is 8. The molecule has 1 aromatic heterocycles. The van der Waals surface area contributed by atoms with Crippen LogP contribution in [0.4, 0.5) is 11.5 Å². The van der Waals surface area contributed by atoms with Gasteiger partial charge < -0.3 is 33.2 Å². The van der Waals surface area contributed by atoms with Crippen LogP contribution in [0.3, 0.4) is 0 Å². The van der Waals surface area contributed by atoms with E-state index in [1.807, 2.05) is 30.3 Å². The van der Waals surface area contributed by atoms with E-state index in [1.165, 1.54) is 6.20 Å². The number of pyridine rings is 1. The highest BCUT2D eigenvalue weighted by molar-refractivity contribution is 5.99. The topological polar surface area (TPSA) is 220 Å². The number of carbonyl (C=O) groups excluding carboxylic acids is 4. The van der Waals surface area contributed by atoms with E-state index in [1.54, 1.807) is 18.1 Å². The molecule has 3 amide bonds. The summed E-state index contributed by atoms with van der Waals surface area (Å²) in [5.41, 5.74) is 17.7. The van der Waals surface area contributed by atoms with E-state index in [4.69, 9.17) is 17.2 Å². The molecule has 2 aromatic rings. The van der Waals surface area contributed by atoms with E-state index >= 15 is 0 Å². The molecule has 0 radical (unpaired) electrons. The molecule has 13 heteroatoms. The molecule has 10 N–H and O–H groups in total. The van der Waals surface area contributed by atoms with E-state index in [9.17, 15) is 19.2 Å². The monoisotopic (exact) mass is 591 g/mol. The minimum atomic E-state index is -1.04. The first-order chi connectivity index (χ1) is 20.7. The summed E-state index contributed by atoms with van der Waals surface area (Å²) in [4.78, 5) is 59.5. The lowest BCUT2D eigenvalue weighted by Gasteiger charge is -2.28. The Hall–Kier alpha value is -4.74. The van der Waals surface area contributed by atoms with Crippen molar-refractivity contribution in [2.75, 3.05) is 17.6 Å². The Morgan fingerprint density at radius 3 is 2.35 bits per heavy atom. The Morgan fingerprint density at radius 1 is 0.977 bits per heavy atom. The van der Waals surface area contributed by atoms with Gasteiger partial charge >= 0.3 is 0 Å². The summed E-state index contributed by atoms with van der Waals surface area (Å²) >= 11 is 0. The van der Waals surface area contributed by atoms with Crippen molar-refractivity contribution in [3.63, 3.8) is 0 Å². The first-order valence-corrected chi connectivity index (χ1v) is 14.4. The third kappa shape index (κ3) is 11.6. The fourth-order valence-electron chi connectivity index (χ4n) is 4.86. The van der Waals surface area contributed by atoms with Gasteiger partial charge in [0.1, 0.15) is 29.9 Å². The summed E-state index contributed by atoms with van der Waals surface area (Å²) in [7, 11) is 0. The van der Waals surface area contributed by atoms with Gasteiger partial charge in [-0.25, -0.2) is 9.78 Å². The highest BCUT2D eigenvalue weighted by Crippen LogP contribution is 2.18. The second-order valence-electron chi connectivity index (χ2n) is 10.5. The van der Waals surface area contributed by atoms with Crippen molar-refractivity contribution in [3.8, 4) is 0 Å². The van der Waals surface area contributed by atoms with Gasteiger partial charge in [0.15, 0.2) is 5.96 Å². The quantitative estimate of drug-likeness (QED) is 0.0664. The molecule has 1 aliphatic rings. The SMILES string of the molecule is NC(N)=NCCC[C@H](NC(=O)[C@H](C=C=O)NC1CCCCC1)C(=O)N[C@@H](Cc1ccccc1)C(=O)Nc1ccc(N)nc1. The van der Waals surface area contributed by atoms with Gasteiger partial charge in [0, 0.05) is 25.1 Å². The van der Waals surface area contributed by atoms with Crippen molar-refractivity contribution < 1.29 is 19.2 Å². The van der Waals surface area contributed by atoms with E-state index < -0.39 is 35.8 Å². The molecular weight excluding hydrogens is 550 g/mol. The number of benzene rings is 1. The molecule has 0 bridgehead atoms. The molecule has 3 rings (SSSR count). The maximum Gasteiger partial charge on any atom is 0.247 e. The number of amides is 3. The van der Waals surface area contributed by atoms with E-state index in [-0.39, 0.29) is 31.4 Å². The summed E-state index contributed by atoms with van der Waals surface area (Å²) in [6.07, 6.45) is 8.24. The Balaban J connectivity index is 1.78. The number of hydrogen-bond donors (Lipinski definition) is 7. The molecule has 0 unspecified atom stereocenters. The Kier molecular flexibility index (Phi) is 13.2. The normalized spacial score (nSPS) is 15.2. The van der Waals surface area contributed by atoms with Gasteiger partial charge in [-0.2, -0.15) is 0 Å². The van der Waals surface area contributed by atoms with Crippen LogP contribution in [0.15, 0.2) is 59.7 Å². The number of anilines is 2. The van der Waals surface area contributed by atoms with Gasteiger partial charge in [0.2, 0.25) is 17.7 Å². The minimum Gasteiger partial charge on any atom is -0.384 e. The maximum atomic E-state index is 13.7. The molecule has 230 valence electrons. The molecule has 43 heavy (non-hydrogen) atoms. The van der Waals surface area contributed by atoms with Crippen LogP contribution in [0.2, 0.25) is 0 Å². The van der Waals surface area contributed by atoms with E-state index in [0.717, 1.165) is 43.7 Å². The molecule has 1 aromatic carbocycles. The molecule has 1 heterocycles. The molecule has 0 saturated heterocycles. The second-order valence-corrected chi connectivity index (χ2v) is 10.5. The Bertz CT molecular complexity index is 1270. The highest BCUT2D eigenvalue weighted by atomic mass is 16.2. The number of guanidine groups is 1. The van der Waals surface area contributed by atoms with Crippen molar-refractivity contribution in [3.05, 3.63) is 60.3 Å². The van der Waals surface area contributed by atoms with Crippen LogP contribution < -0.4 is 38.5 Å². The summed E-state index contributed by atoms with van der Waals surface area (Å²) in [5.74, 6) is 0.308. The first kappa shape index (κ1) is 32.8. The molecule has 1 aliphatic carbocycles. The zero-order valence-electron chi connectivity index (χ0n) is 24.1. The molecule has 0 aliphatic heterocycles. The van der Waals surface area contributed by atoms with Crippen LogP contribution in [-0.2, 0) is 25.6 Å². The van der Waals surface area contributed by atoms with Crippen LogP contribution in [0.1, 0.15) is 50.5 Å². The van der Waals surface area contributed by atoms with Crippen LogP contribution in [0.25, 0.3) is 0 Å². The lowest BCUT2D eigenvalue weighted by molar-refractivity contribution is -0.131. The molecule has 1 saturated carbocycles. The van der Waals surface area contributed by atoms with Crippen molar-refractivity contribution >= 4 is 41.1 Å². The number of nitrogen functional groups attached to an aromatic ring is 1. The van der Waals surface area contributed by atoms with Gasteiger partial charge in [-0.15, -0.1) is 0 Å². The highest BCUT2D eigenvalue weighted by Gasteiger charge is 2.30. The Morgan fingerprint density at radius 2 is 1.70 bits per heavy atom. The van der Waals surface area contributed by atoms with Crippen molar-refractivity contribution in [1.29, 1.82) is 0 Å². The maximum absolute atomic E-state index is 13.7. The van der Waals surface area contributed by atoms with Crippen LogP contribution in [0, 0.1) is 0 Å². The predicted octanol–water partition coefficient (Wildman–Crippen LogP) is 0.547. The molecule has 0 spiro atoms. The Labute approximate surface area is 251 Å². The van der Waals surface area contributed by atoms with Crippen molar-refractivity contribution in [2.24, 2.45) is 16.5 Å². The molecule has 13 nitrogen and oxygen atoms in total. The number of carbonyl (C=O) groups is 3. The van der Waals surface area contributed by atoms with Gasteiger partial charge in [0.05, 0.1) is 11.9 Å². The third-order valence-corrected chi connectivity index (χ3v) is 7.09. The average Bonchev–Trinajstić information content (AvgIpc) is 3.00. The average molecular weight is 592 g/mol.